The van der Waals surface area contributed by atoms with Crippen LogP contribution in [0.3, 0.4) is 0 Å². The monoisotopic (exact) mass is 371 g/mol. The first kappa shape index (κ1) is 19.8. The molecule has 1 fully saturated rings. The highest BCUT2D eigenvalue weighted by atomic mass is 35.5. The van der Waals surface area contributed by atoms with Gasteiger partial charge in [0, 0.05) is 39.4 Å². The average Bonchev–Trinajstić information content (AvgIpc) is 2.62. The maximum Gasteiger partial charge on any atom is 0.255 e. The van der Waals surface area contributed by atoms with Crippen molar-refractivity contribution < 1.29 is 19.4 Å². The van der Waals surface area contributed by atoms with Crippen molar-refractivity contribution in [3.63, 3.8) is 0 Å². The molecule has 0 radical (unpaired) electrons. The smallest absolute Gasteiger partial charge is 0.255 e. The van der Waals surface area contributed by atoms with Crippen LogP contribution in [-0.4, -0.2) is 68.5 Å². The minimum atomic E-state index is -0.269. The van der Waals surface area contributed by atoms with E-state index < -0.39 is 0 Å². The maximum absolute atomic E-state index is 12.7. The molecule has 1 aromatic carbocycles. The van der Waals surface area contributed by atoms with E-state index in [0.29, 0.717) is 28.6 Å². The molecule has 4 N–H and O–H groups in total. The fourth-order valence-electron chi connectivity index (χ4n) is 3.04. The summed E-state index contributed by atoms with van der Waals surface area (Å²) in [4.78, 5) is 14.9. The van der Waals surface area contributed by atoms with Gasteiger partial charge in [0.15, 0.2) is 0 Å². The molecule has 0 spiro atoms. The highest BCUT2D eigenvalue weighted by Gasteiger charge is 2.31. The number of nitrogens with two attached hydrogens (primary N) is 1. The number of anilines is 1. The highest BCUT2D eigenvalue weighted by molar-refractivity contribution is 6.33. The normalized spacial score (nSPS) is 21.1. The molecule has 2 rings (SSSR count). The summed E-state index contributed by atoms with van der Waals surface area (Å²) in [5.41, 5.74) is 6.47. The number of methoxy groups -OCH3 is 2. The standard InChI is InChI=1S/C17H26ClN3O4/c1-24-15-9-13(19)12(18)8-11(15)17(23)20-14-4-6-21(5-3-7-22)10-16(14)25-2/h8-9,14,16,22H,3-7,10,19H2,1-2H3,(H,20,23). The number of piperidine rings is 1. The van der Waals surface area contributed by atoms with Crippen molar-refractivity contribution in [1.29, 1.82) is 0 Å². The zero-order valence-corrected chi connectivity index (χ0v) is 15.4. The van der Waals surface area contributed by atoms with Gasteiger partial charge in [0.2, 0.25) is 0 Å². The van der Waals surface area contributed by atoms with E-state index in [2.05, 4.69) is 10.2 Å². The first-order chi connectivity index (χ1) is 12.0. The first-order valence-corrected chi connectivity index (χ1v) is 8.67. The number of ether oxygens (including phenoxy) is 2. The predicted octanol–water partition coefficient (Wildman–Crippen LogP) is 1.13. The summed E-state index contributed by atoms with van der Waals surface area (Å²) in [6.07, 6.45) is 1.38. The van der Waals surface area contributed by atoms with Gasteiger partial charge in [0.1, 0.15) is 5.75 Å². The van der Waals surface area contributed by atoms with E-state index in [1.807, 2.05) is 0 Å². The van der Waals surface area contributed by atoms with Gasteiger partial charge in [-0.3, -0.25) is 4.79 Å². The minimum Gasteiger partial charge on any atom is -0.496 e. The summed E-state index contributed by atoms with van der Waals surface area (Å²) in [6.45, 7) is 2.54. The van der Waals surface area contributed by atoms with Gasteiger partial charge in [0.05, 0.1) is 35.5 Å². The lowest BCUT2D eigenvalue weighted by Crippen LogP contribution is -2.55. The van der Waals surface area contributed by atoms with Crippen molar-refractivity contribution in [2.75, 3.05) is 46.2 Å². The minimum absolute atomic E-state index is 0.107. The molecule has 0 saturated carbocycles. The second-order valence-corrected chi connectivity index (χ2v) is 6.50. The molecule has 1 amide bonds. The number of nitrogens with one attached hydrogen (secondary N) is 1. The molecule has 8 heteroatoms. The number of benzene rings is 1. The molecule has 1 aliphatic rings. The van der Waals surface area contributed by atoms with Crippen molar-refractivity contribution in [3.05, 3.63) is 22.7 Å². The van der Waals surface area contributed by atoms with Crippen LogP contribution in [0.1, 0.15) is 23.2 Å². The van der Waals surface area contributed by atoms with Crippen LogP contribution in [0.5, 0.6) is 5.75 Å². The number of halogens is 1. The topological polar surface area (TPSA) is 97.0 Å². The van der Waals surface area contributed by atoms with Gasteiger partial charge in [-0.05, 0) is 18.9 Å². The lowest BCUT2D eigenvalue weighted by molar-refractivity contribution is 0.00503. The SMILES string of the molecule is COc1cc(N)c(Cl)cc1C(=O)NC1CCN(CCCO)CC1OC. The summed E-state index contributed by atoms with van der Waals surface area (Å²) in [6, 6.07) is 2.95. The van der Waals surface area contributed by atoms with Gasteiger partial charge in [-0.1, -0.05) is 11.6 Å². The van der Waals surface area contributed by atoms with Crippen molar-refractivity contribution in [2.24, 2.45) is 0 Å². The quantitative estimate of drug-likeness (QED) is 0.622. The van der Waals surface area contributed by atoms with Gasteiger partial charge in [-0.2, -0.15) is 0 Å². The van der Waals surface area contributed by atoms with Crippen LogP contribution < -0.4 is 15.8 Å². The molecule has 1 aliphatic heterocycles. The van der Waals surface area contributed by atoms with Crippen molar-refractivity contribution in [3.8, 4) is 5.75 Å². The van der Waals surface area contributed by atoms with Crippen LogP contribution in [0.15, 0.2) is 12.1 Å². The van der Waals surface area contributed by atoms with Gasteiger partial charge in [-0.15, -0.1) is 0 Å². The number of hydrogen-bond acceptors (Lipinski definition) is 6. The molecule has 1 saturated heterocycles. The average molecular weight is 372 g/mol. The number of amides is 1. The molecule has 140 valence electrons. The van der Waals surface area contributed by atoms with Crippen molar-refractivity contribution in [1.82, 2.24) is 10.2 Å². The number of carbonyl (C=O) groups excluding carboxylic acids is 1. The fraction of sp³-hybridized carbons (Fsp3) is 0.588. The van der Waals surface area contributed by atoms with Gasteiger partial charge in [0.25, 0.3) is 5.91 Å². The Labute approximate surface area is 153 Å². The summed E-state index contributed by atoms with van der Waals surface area (Å²) in [5.74, 6) is 0.114. The molecule has 7 nitrogen and oxygen atoms in total. The number of aliphatic hydroxyl groups excluding tert-OH is 1. The van der Waals surface area contributed by atoms with Crippen LogP contribution in [0.2, 0.25) is 5.02 Å². The number of likely N-dealkylation sites (tertiary alicyclic amines) is 1. The summed E-state index contributed by atoms with van der Waals surface area (Å²) >= 11 is 6.04. The molecule has 1 heterocycles. The second kappa shape index (κ2) is 9.24. The highest BCUT2D eigenvalue weighted by Crippen LogP contribution is 2.29. The van der Waals surface area contributed by atoms with Crippen LogP contribution in [0.25, 0.3) is 0 Å². The van der Waals surface area contributed by atoms with E-state index >= 15 is 0 Å². The molecule has 0 aromatic heterocycles. The third kappa shape index (κ3) is 4.98. The number of nitrogens with zero attached hydrogens (tertiary/aromatic N) is 1. The Morgan fingerprint density at radius 3 is 2.88 bits per heavy atom. The Morgan fingerprint density at radius 2 is 2.24 bits per heavy atom. The van der Waals surface area contributed by atoms with E-state index in [9.17, 15) is 4.79 Å². The number of hydrogen-bond donors (Lipinski definition) is 3. The summed E-state index contributed by atoms with van der Waals surface area (Å²) in [7, 11) is 3.12. The fourth-order valence-corrected chi connectivity index (χ4v) is 3.21. The summed E-state index contributed by atoms with van der Waals surface area (Å²) < 4.78 is 10.8. The Morgan fingerprint density at radius 1 is 1.48 bits per heavy atom. The number of aliphatic hydroxyl groups is 1. The molecular weight excluding hydrogens is 346 g/mol. The van der Waals surface area contributed by atoms with E-state index in [-0.39, 0.29) is 24.7 Å². The number of nitrogen functional groups attached to an aromatic ring is 1. The third-order valence-electron chi connectivity index (χ3n) is 4.46. The van der Waals surface area contributed by atoms with Crippen LogP contribution in [-0.2, 0) is 4.74 Å². The van der Waals surface area contributed by atoms with E-state index in [1.54, 1.807) is 13.2 Å². The predicted molar refractivity (Wildman–Crippen MR) is 97.2 cm³/mol. The van der Waals surface area contributed by atoms with Gasteiger partial charge < -0.3 is 30.5 Å². The Balaban J connectivity index is 2.06. The molecule has 2 atom stereocenters. The molecule has 0 bridgehead atoms. The van der Waals surface area contributed by atoms with Crippen LogP contribution in [0.4, 0.5) is 5.69 Å². The number of carbonyl (C=O) groups is 1. The largest absolute Gasteiger partial charge is 0.496 e. The van der Waals surface area contributed by atoms with E-state index in [1.165, 1.54) is 13.2 Å². The lowest BCUT2D eigenvalue weighted by atomic mass is 10.0. The van der Waals surface area contributed by atoms with Gasteiger partial charge in [-0.25, -0.2) is 0 Å². The Kier molecular flexibility index (Phi) is 7.31. The molecule has 2 unspecified atom stereocenters. The zero-order chi connectivity index (χ0) is 18.4. The molecule has 25 heavy (non-hydrogen) atoms. The molecule has 0 aliphatic carbocycles. The Bertz CT molecular complexity index is 600. The molecule has 1 aromatic rings. The van der Waals surface area contributed by atoms with E-state index in [4.69, 9.17) is 31.9 Å². The third-order valence-corrected chi connectivity index (χ3v) is 4.79. The van der Waals surface area contributed by atoms with Crippen LogP contribution in [0, 0.1) is 0 Å². The summed E-state index contributed by atoms with van der Waals surface area (Å²) in [5, 5.41) is 12.3. The number of rotatable bonds is 7. The Hall–Kier alpha value is -1.54. The maximum atomic E-state index is 12.7. The van der Waals surface area contributed by atoms with Crippen molar-refractivity contribution >= 4 is 23.2 Å². The molecular formula is C17H26ClN3O4. The second-order valence-electron chi connectivity index (χ2n) is 6.09. The van der Waals surface area contributed by atoms with Crippen LogP contribution >= 0.6 is 11.6 Å². The van der Waals surface area contributed by atoms with Crippen molar-refractivity contribution in [2.45, 2.75) is 25.0 Å². The first-order valence-electron chi connectivity index (χ1n) is 8.30. The lowest BCUT2D eigenvalue weighted by Gasteiger charge is -2.38. The van der Waals surface area contributed by atoms with Gasteiger partial charge >= 0.3 is 0 Å². The zero-order valence-electron chi connectivity index (χ0n) is 14.6. The van der Waals surface area contributed by atoms with E-state index in [0.717, 1.165) is 25.9 Å².